The maximum Gasteiger partial charge on any atom is 0.0339 e. The molecule has 0 heterocycles. The van der Waals surface area contributed by atoms with Crippen LogP contribution < -0.4 is 5.32 Å². The molecule has 0 spiro atoms. The fourth-order valence-electron chi connectivity index (χ4n) is 2.65. The van der Waals surface area contributed by atoms with E-state index in [0.29, 0.717) is 6.04 Å². The maximum absolute atomic E-state index is 3.67. The summed E-state index contributed by atoms with van der Waals surface area (Å²) in [4.78, 5) is 0. The molecule has 1 aromatic rings. The second-order valence-corrected chi connectivity index (χ2v) is 4.68. The molecule has 2 aliphatic rings. The van der Waals surface area contributed by atoms with E-state index in [9.17, 15) is 0 Å². The third-order valence-electron chi connectivity index (χ3n) is 3.45. The molecule has 0 amide bonds. The van der Waals surface area contributed by atoms with Crippen molar-refractivity contribution in [1.29, 1.82) is 0 Å². The zero-order chi connectivity index (χ0) is 16.8. The molecule has 0 saturated carbocycles. The Bertz CT molecular complexity index is 424. The van der Waals surface area contributed by atoms with Crippen LogP contribution in [-0.4, -0.2) is 12.7 Å². The molecule has 1 nitrogen and oxygen atoms in total. The van der Waals surface area contributed by atoms with Crippen molar-refractivity contribution in [1.82, 2.24) is 5.32 Å². The summed E-state index contributed by atoms with van der Waals surface area (Å²) in [5.41, 5.74) is 4.44. The van der Waals surface area contributed by atoms with Gasteiger partial charge in [0.1, 0.15) is 0 Å². The van der Waals surface area contributed by atoms with E-state index in [4.69, 9.17) is 0 Å². The molecule has 1 N–H and O–H groups in total. The zero-order valence-electron chi connectivity index (χ0n) is 15.0. The molecule has 0 aliphatic heterocycles. The highest BCUT2D eigenvalue weighted by atomic mass is 31.0. The number of allylic oxidation sites excluding steroid dienone is 4. The first kappa shape index (κ1) is 20.9. The van der Waals surface area contributed by atoms with Gasteiger partial charge in [-0.25, -0.2) is 0 Å². The summed E-state index contributed by atoms with van der Waals surface area (Å²) < 4.78 is 0. The molecule has 0 aromatic heterocycles. The second-order valence-electron chi connectivity index (χ2n) is 4.68. The van der Waals surface area contributed by atoms with E-state index < -0.39 is 0 Å². The Morgan fingerprint density at radius 2 is 1.50 bits per heavy atom. The molecule has 22 heavy (non-hydrogen) atoms. The van der Waals surface area contributed by atoms with Crippen molar-refractivity contribution in [2.24, 2.45) is 0 Å². The predicted molar refractivity (Wildman–Crippen MR) is 106 cm³/mol. The SMILES string of the molecule is C1=CCCC(NC2Cc3ccccc3C2)=C1.CC.CC.CP. The number of fused-ring (bicyclic) bond motifs is 1. The summed E-state index contributed by atoms with van der Waals surface area (Å²) in [6, 6.07) is 9.40. The predicted octanol–water partition coefficient (Wildman–Crippen LogP) is 5.52. The van der Waals surface area contributed by atoms with E-state index in [1.165, 1.54) is 42.5 Å². The third-order valence-corrected chi connectivity index (χ3v) is 3.45. The lowest BCUT2D eigenvalue weighted by molar-refractivity contribution is 0.577. The number of hydrogen-bond acceptors (Lipinski definition) is 1. The van der Waals surface area contributed by atoms with Gasteiger partial charge in [0.15, 0.2) is 0 Å². The molecule has 3 rings (SSSR count). The van der Waals surface area contributed by atoms with Gasteiger partial charge in [-0.05, 0) is 42.9 Å². The van der Waals surface area contributed by atoms with Gasteiger partial charge < -0.3 is 5.32 Å². The summed E-state index contributed by atoms with van der Waals surface area (Å²) in [7, 11) is 2.42. The summed E-state index contributed by atoms with van der Waals surface area (Å²) in [5, 5.41) is 3.67. The first-order valence-electron chi connectivity index (χ1n) is 8.68. The standard InChI is InChI=1S/C15H17N.2C2H6.CH5P/c1-2-8-14(9-3-1)16-15-10-12-6-4-5-7-13(12)11-15;3*1-2/h1-2,4-8,15-16H,3,9-11H2;2*1-2H3;2H2,1H3. The van der Waals surface area contributed by atoms with Gasteiger partial charge in [-0.1, -0.05) is 70.8 Å². The van der Waals surface area contributed by atoms with Crippen LogP contribution in [0.3, 0.4) is 0 Å². The van der Waals surface area contributed by atoms with Crippen molar-refractivity contribution in [3.8, 4) is 0 Å². The normalized spacial score (nSPS) is 14.9. The Morgan fingerprint density at radius 1 is 0.955 bits per heavy atom. The van der Waals surface area contributed by atoms with Gasteiger partial charge in [-0.15, -0.1) is 9.24 Å². The van der Waals surface area contributed by atoms with Crippen molar-refractivity contribution in [3.63, 3.8) is 0 Å². The van der Waals surface area contributed by atoms with Crippen molar-refractivity contribution in [2.75, 3.05) is 6.66 Å². The first-order chi connectivity index (χ1) is 10.9. The minimum atomic E-state index is 0.607. The maximum atomic E-state index is 3.67. The van der Waals surface area contributed by atoms with Gasteiger partial charge >= 0.3 is 0 Å². The Kier molecular flexibility index (Phi) is 12.9. The van der Waals surface area contributed by atoms with Crippen molar-refractivity contribution in [2.45, 2.75) is 59.4 Å². The van der Waals surface area contributed by atoms with Crippen LogP contribution in [0.4, 0.5) is 0 Å². The van der Waals surface area contributed by atoms with Crippen LogP contribution in [0.5, 0.6) is 0 Å². The van der Waals surface area contributed by atoms with Gasteiger partial charge in [0.2, 0.25) is 0 Å². The molecule has 1 aromatic carbocycles. The quantitative estimate of drug-likeness (QED) is 0.708. The molecule has 0 fully saturated rings. The molecular formula is C20H34NP. The zero-order valence-corrected chi connectivity index (χ0v) is 16.2. The fourth-order valence-corrected chi connectivity index (χ4v) is 2.65. The summed E-state index contributed by atoms with van der Waals surface area (Å²) in [6.07, 6.45) is 11.3. The number of rotatable bonds is 2. The highest BCUT2D eigenvalue weighted by Crippen LogP contribution is 2.23. The van der Waals surface area contributed by atoms with E-state index >= 15 is 0 Å². The smallest absolute Gasteiger partial charge is 0.0339 e. The van der Waals surface area contributed by atoms with Crippen molar-refractivity contribution >= 4 is 9.24 Å². The number of nitrogens with one attached hydrogen (secondary N) is 1. The van der Waals surface area contributed by atoms with Crippen molar-refractivity contribution in [3.05, 3.63) is 59.3 Å². The first-order valence-corrected chi connectivity index (χ1v) is 9.84. The van der Waals surface area contributed by atoms with E-state index in [1.54, 1.807) is 0 Å². The Labute approximate surface area is 140 Å². The van der Waals surface area contributed by atoms with Crippen LogP contribution in [0.1, 0.15) is 51.7 Å². The largest absolute Gasteiger partial charge is 0.385 e. The van der Waals surface area contributed by atoms with Gasteiger partial charge in [0.25, 0.3) is 0 Å². The molecule has 0 radical (unpaired) electrons. The Morgan fingerprint density at radius 3 is 1.95 bits per heavy atom. The lowest BCUT2D eigenvalue weighted by Crippen LogP contribution is -2.29. The van der Waals surface area contributed by atoms with Gasteiger partial charge in [0.05, 0.1) is 0 Å². The Balaban J connectivity index is 0.000000661. The van der Waals surface area contributed by atoms with E-state index in [0.717, 1.165) is 0 Å². The van der Waals surface area contributed by atoms with Crippen LogP contribution in [0.15, 0.2) is 48.2 Å². The second kappa shape index (κ2) is 13.6. The van der Waals surface area contributed by atoms with E-state index in [1.807, 2.05) is 34.4 Å². The van der Waals surface area contributed by atoms with Crippen LogP contribution in [-0.2, 0) is 12.8 Å². The number of benzene rings is 1. The molecule has 1 unspecified atom stereocenters. The lowest BCUT2D eigenvalue weighted by Gasteiger charge is -2.17. The highest BCUT2D eigenvalue weighted by Gasteiger charge is 2.20. The lowest BCUT2D eigenvalue weighted by atomic mass is 10.1. The fraction of sp³-hybridized carbons (Fsp3) is 0.500. The van der Waals surface area contributed by atoms with Gasteiger partial charge in [-0.3, -0.25) is 0 Å². The Hall–Kier alpha value is -1.07. The monoisotopic (exact) mass is 319 g/mol. The molecule has 2 aliphatic carbocycles. The van der Waals surface area contributed by atoms with Crippen molar-refractivity contribution < 1.29 is 0 Å². The minimum absolute atomic E-state index is 0.607. The minimum Gasteiger partial charge on any atom is -0.385 e. The highest BCUT2D eigenvalue weighted by molar-refractivity contribution is 7.15. The summed E-state index contributed by atoms with van der Waals surface area (Å²) >= 11 is 0. The number of hydrogen-bond donors (Lipinski definition) is 1. The molecule has 0 bridgehead atoms. The van der Waals surface area contributed by atoms with Crippen LogP contribution >= 0.6 is 9.24 Å². The average Bonchev–Trinajstić information content (AvgIpc) is 3.03. The van der Waals surface area contributed by atoms with Crippen LogP contribution in [0.25, 0.3) is 0 Å². The molecule has 2 heteroatoms. The molecular weight excluding hydrogens is 285 g/mol. The van der Waals surface area contributed by atoms with E-state index in [2.05, 4.69) is 57.1 Å². The van der Waals surface area contributed by atoms with Crippen LogP contribution in [0.2, 0.25) is 0 Å². The molecule has 124 valence electrons. The summed E-state index contributed by atoms with van der Waals surface area (Å²) in [5.74, 6) is 0. The van der Waals surface area contributed by atoms with Gasteiger partial charge in [-0.2, -0.15) is 0 Å². The molecule has 1 atom stereocenters. The average molecular weight is 319 g/mol. The molecule has 0 saturated heterocycles. The third kappa shape index (κ3) is 6.79. The topological polar surface area (TPSA) is 12.0 Å². The van der Waals surface area contributed by atoms with Gasteiger partial charge in [0, 0.05) is 11.7 Å². The van der Waals surface area contributed by atoms with E-state index in [-0.39, 0.29) is 0 Å². The summed E-state index contributed by atoms with van der Waals surface area (Å²) in [6.45, 7) is 9.92. The van der Waals surface area contributed by atoms with Crippen LogP contribution in [0, 0.1) is 0 Å².